The number of carbonyl (C=O) groups excluding carboxylic acids is 5. The number of aliphatic carboxylic acids is 1. The van der Waals surface area contributed by atoms with E-state index in [1.165, 1.54) is 12.1 Å². The molecule has 0 aliphatic carbocycles. The molecule has 15 heteroatoms. The number of hydrogen-bond acceptors (Lipinski definition) is 10. The summed E-state index contributed by atoms with van der Waals surface area (Å²) in [6.45, 7) is 4.33. The number of hydrogen-bond donors (Lipinski definition) is 9. The summed E-state index contributed by atoms with van der Waals surface area (Å²) < 4.78 is 0. The van der Waals surface area contributed by atoms with E-state index >= 15 is 0 Å². The van der Waals surface area contributed by atoms with E-state index < -0.39 is 71.5 Å². The molecule has 6 atom stereocenters. The number of carboxylic acid groups (broad SMARTS) is 1. The number of ketones is 1. The lowest BCUT2D eigenvalue weighted by Crippen LogP contribution is -2.58. The molecular formula is C35H55N7O8. The molecule has 15 nitrogen and oxygen atoms in total. The van der Waals surface area contributed by atoms with Crippen LogP contribution in [0.4, 0.5) is 0 Å². The van der Waals surface area contributed by atoms with Crippen molar-refractivity contribution in [3.8, 4) is 5.75 Å². The number of Topliss-reactive ketones (excluding diaryl/α,β-unsaturated/α-hetero) is 1. The molecule has 2 rings (SSSR count). The fourth-order valence-electron chi connectivity index (χ4n) is 5.60. The molecule has 1 aromatic rings. The van der Waals surface area contributed by atoms with Gasteiger partial charge in [0.2, 0.25) is 23.6 Å². The van der Waals surface area contributed by atoms with Gasteiger partial charge in [-0.2, -0.15) is 0 Å². The Morgan fingerprint density at radius 1 is 0.860 bits per heavy atom. The lowest BCUT2D eigenvalue weighted by atomic mass is 9.89. The van der Waals surface area contributed by atoms with Gasteiger partial charge in [-0.15, -0.1) is 0 Å². The molecule has 0 radical (unpaired) electrons. The van der Waals surface area contributed by atoms with Gasteiger partial charge in [0.25, 0.3) is 0 Å². The first kappa shape index (κ1) is 41.8. The zero-order chi connectivity index (χ0) is 37.2. The number of nitrogens with one attached hydrogen (secondary N) is 4. The molecular weight excluding hydrogens is 646 g/mol. The Balaban J connectivity index is 2.42. The molecule has 278 valence electrons. The number of phenols is 1. The van der Waals surface area contributed by atoms with E-state index in [2.05, 4.69) is 21.3 Å². The highest BCUT2D eigenvalue weighted by atomic mass is 16.4. The second-order valence-electron chi connectivity index (χ2n) is 13.2. The normalized spacial score (nSPS) is 21.7. The van der Waals surface area contributed by atoms with Crippen molar-refractivity contribution >= 4 is 35.4 Å². The minimum Gasteiger partial charge on any atom is -0.508 e. The summed E-state index contributed by atoms with van der Waals surface area (Å²) in [6.07, 6.45) is 5.11. The standard InChI is InChI=1S/C35H55N7O8/c1-21(2)18-23(35(49)50)20-30(44)29(19-22-12-14-24(43)15-13-22)42-34(48)27-9-4-3-8-25(38)31(45)39-26(10-5-6-16-36)32(46)41-28(11-7-17-37)33(47)40-27/h3-4,12-15,21,23,25-29,43H,5-11,16-20,36-38H2,1-2H3,(H,39,45)(H,40,47)(H,41,46)(H,42,48)(H,49,50)/t23-,25+,26+,27+,28+,29+/m1/s1. The Morgan fingerprint density at radius 2 is 1.44 bits per heavy atom. The fourth-order valence-corrected chi connectivity index (χ4v) is 5.60. The van der Waals surface area contributed by atoms with Gasteiger partial charge in [0.05, 0.1) is 18.0 Å². The highest BCUT2D eigenvalue weighted by molar-refractivity contribution is 5.96. The van der Waals surface area contributed by atoms with Crippen LogP contribution in [-0.2, 0) is 35.2 Å². The Morgan fingerprint density at radius 3 is 2.04 bits per heavy atom. The first-order chi connectivity index (χ1) is 23.7. The van der Waals surface area contributed by atoms with Gasteiger partial charge in [0, 0.05) is 6.42 Å². The summed E-state index contributed by atoms with van der Waals surface area (Å²) in [5.74, 6) is -5.10. The molecule has 1 aliphatic heterocycles. The van der Waals surface area contributed by atoms with E-state index in [1.54, 1.807) is 24.3 Å². The van der Waals surface area contributed by atoms with Crippen molar-refractivity contribution in [1.29, 1.82) is 0 Å². The maximum Gasteiger partial charge on any atom is 0.306 e. The molecule has 0 fully saturated rings. The first-order valence-corrected chi connectivity index (χ1v) is 17.3. The van der Waals surface area contributed by atoms with Gasteiger partial charge in [-0.25, -0.2) is 0 Å². The quantitative estimate of drug-likeness (QED) is 0.0778. The number of amides is 4. The third-order valence-corrected chi connectivity index (χ3v) is 8.44. The summed E-state index contributed by atoms with van der Waals surface area (Å²) in [4.78, 5) is 79.4. The minimum atomic E-state index is -1.22. The Labute approximate surface area is 293 Å². The van der Waals surface area contributed by atoms with Crippen molar-refractivity contribution < 1.29 is 39.0 Å². The molecule has 4 amide bonds. The van der Waals surface area contributed by atoms with Crippen LogP contribution in [-0.4, -0.2) is 88.9 Å². The minimum absolute atomic E-state index is 0.0000683. The van der Waals surface area contributed by atoms with Crippen molar-refractivity contribution in [2.45, 2.75) is 108 Å². The third kappa shape index (κ3) is 14.6. The molecule has 50 heavy (non-hydrogen) atoms. The SMILES string of the molecule is CC(C)C[C@H](CC(=O)[C@H](Cc1ccc(O)cc1)NC(=O)[C@@H]1CC=CC[C@H](N)C(=O)N[C@@H](CCCCN)C(=O)N[C@@H](CCCN)C(=O)N1)C(=O)O. The number of unbranched alkanes of at least 4 members (excludes halogenated alkanes) is 1. The molecule has 0 unspecified atom stereocenters. The predicted molar refractivity (Wildman–Crippen MR) is 187 cm³/mol. The number of carbonyl (C=O) groups is 6. The number of rotatable bonds is 17. The Hall–Kier alpha value is -4.34. The molecule has 0 bridgehead atoms. The zero-order valence-electron chi connectivity index (χ0n) is 29.1. The first-order valence-electron chi connectivity index (χ1n) is 17.3. The van der Waals surface area contributed by atoms with Gasteiger partial charge >= 0.3 is 5.97 Å². The van der Waals surface area contributed by atoms with E-state index in [0.717, 1.165) is 0 Å². The van der Waals surface area contributed by atoms with E-state index in [-0.39, 0.29) is 63.2 Å². The van der Waals surface area contributed by atoms with Gasteiger partial charge in [-0.3, -0.25) is 28.8 Å². The highest BCUT2D eigenvalue weighted by Crippen LogP contribution is 2.19. The summed E-state index contributed by atoms with van der Waals surface area (Å²) in [6, 6.07) is 0.601. The van der Waals surface area contributed by atoms with Crippen LogP contribution >= 0.6 is 0 Å². The van der Waals surface area contributed by atoms with E-state index in [4.69, 9.17) is 17.2 Å². The fraction of sp³-hybridized carbons (Fsp3) is 0.600. The van der Waals surface area contributed by atoms with Crippen LogP contribution in [0, 0.1) is 11.8 Å². The number of benzene rings is 1. The summed E-state index contributed by atoms with van der Waals surface area (Å²) >= 11 is 0. The van der Waals surface area contributed by atoms with Crippen molar-refractivity contribution in [2.24, 2.45) is 29.0 Å². The third-order valence-electron chi connectivity index (χ3n) is 8.44. The van der Waals surface area contributed by atoms with Crippen molar-refractivity contribution in [2.75, 3.05) is 13.1 Å². The van der Waals surface area contributed by atoms with Crippen molar-refractivity contribution in [1.82, 2.24) is 21.3 Å². The maximum absolute atomic E-state index is 13.9. The van der Waals surface area contributed by atoms with Gasteiger partial charge in [0.15, 0.2) is 5.78 Å². The molecule has 12 N–H and O–H groups in total. The number of nitrogens with two attached hydrogens (primary N) is 3. The van der Waals surface area contributed by atoms with Crippen LogP contribution in [0.2, 0.25) is 0 Å². The molecule has 0 spiro atoms. The van der Waals surface area contributed by atoms with Gasteiger partial charge in [-0.05, 0) is 94.5 Å². The highest BCUT2D eigenvalue weighted by Gasteiger charge is 2.33. The monoisotopic (exact) mass is 701 g/mol. The van der Waals surface area contributed by atoms with Gasteiger partial charge < -0.3 is 48.7 Å². The number of carboxylic acids is 1. The summed E-state index contributed by atoms with van der Waals surface area (Å²) in [7, 11) is 0. The molecule has 1 aliphatic rings. The van der Waals surface area contributed by atoms with Gasteiger partial charge in [0.1, 0.15) is 23.9 Å². The van der Waals surface area contributed by atoms with Crippen LogP contribution in [0.5, 0.6) is 5.75 Å². The second-order valence-corrected chi connectivity index (χ2v) is 13.2. The topological polar surface area (TPSA) is 269 Å². The number of aromatic hydroxyl groups is 1. The largest absolute Gasteiger partial charge is 0.508 e. The lowest BCUT2D eigenvalue weighted by molar-refractivity contribution is -0.144. The van der Waals surface area contributed by atoms with Crippen molar-refractivity contribution in [3.63, 3.8) is 0 Å². The predicted octanol–water partition coefficient (Wildman–Crippen LogP) is 0.125. The molecule has 1 aromatic carbocycles. The smallest absolute Gasteiger partial charge is 0.306 e. The second kappa shape index (κ2) is 21.7. The lowest BCUT2D eigenvalue weighted by Gasteiger charge is -2.27. The van der Waals surface area contributed by atoms with Crippen LogP contribution < -0.4 is 38.5 Å². The molecule has 0 saturated heterocycles. The van der Waals surface area contributed by atoms with Gasteiger partial charge in [-0.1, -0.05) is 38.1 Å². The maximum atomic E-state index is 13.9. The van der Waals surface area contributed by atoms with E-state index in [9.17, 15) is 39.0 Å². The molecule has 0 aromatic heterocycles. The Bertz CT molecular complexity index is 1320. The summed E-state index contributed by atoms with van der Waals surface area (Å²) in [5, 5.41) is 30.3. The zero-order valence-corrected chi connectivity index (χ0v) is 29.1. The van der Waals surface area contributed by atoms with Crippen LogP contribution in [0.25, 0.3) is 0 Å². The van der Waals surface area contributed by atoms with Crippen molar-refractivity contribution in [3.05, 3.63) is 42.0 Å². The molecule has 1 heterocycles. The molecule has 0 saturated carbocycles. The summed E-state index contributed by atoms with van der Waals surface area (Å²) in [5.41, 5.74) is 18.0. The van der Waals surface area contributed by atoms with E-state index in [1.807, 2.05) is 13.8 Å². The number of phenolic OH excluding ortho intramolecular Hbond substituents is 1. The van der Waals surface area contributed by atoms with Crippen LogP contribution in [0.1, 0.15) is 77.2 Å². The van der Waals surface area contributed by atoms with Crippen LogP contribution in [0.3, 0.4) is 0 Å². The van der Waals surface area contributed by atoms with E-state index in [0.29, 0.717) is 31.4 Å². The van der Waals surface area contributed by atoms with Crippen LogP contribution in [0.15, 0.2) is 36.4 Å². The Kier molecular flexibility index (Phi) is 18.1. The average molecular weight is 702 g/mol. The average Bonchev–Trinajstić information content (AvgIpc) is 3.06.